The summed E-state index contributed by atoms with van der Waals surface area (Å²) in [6, 6.07) is 8.18. The van der Waals surface area contributed by atoms with Gasteiger partial charge >= 0.3 is 5.97 Å². The van der Waals surface area contributed by atoms with Crippen molar-refractivity contribution >= 4 is 17.7 Å². The van der Waals surface area contributed by atoms with E-state index in [2.05, 4.69) is 23.5 Å². The maximum absolute atomic E-state index is 11.1. The number of nitrogens with one attached hydrogen (secondary N) is 1. The molecule has 90 valence electrons. The zero-order chi connectivity index (χ0) is 11.8. The molecule has 0 spiro atoms. The average Bonchev–Trinajstić information content (AvgIpc) is 2.38. The first-order valence-corrected chi connectivity index (χ1v) is 6.99. The van der Waals surface area contributed by atoms with Gasteiger partial charge in [0.15, 0.2) is 0 Å². The summed E-state index contributed by atoms with van der Waals surface area (Å²) >= 11 is 1.80. The Balaban J connectivity index is 1.91. The van der Waals surface area contributed by atoms with Crippen molar-refractivity contribution in [1.82, 2.24) is 5.32 Å². The van der Waals surface area contributed by atoms with Gasteiger partial charge in [-0.15, -0.1) is 0 Å². The maximum Gasteiger partial charge on any atom is 0.321 e. The topological polar surface area (TPSA) is 49.3 Å². The van der Waals surface area contributed by atoms with Gasteiger partial charge in [0.05, 0.1) is 0 Å². The summed E-state index contributed by atoms with van der Waals surface area (Å²) in [6.07, 6.45) is 2.26. The van der Waals surface area contributed by atoms with Crippen LogP contribution < -0.4 is 5.32 Å². The second-order valence-corrected chi connectivity index (χ2v) is 5.92. The Morgan fingerprint density at radius 1 is 1.41 bits per heavy atom. The first kappa shape index (κ1) is 11.1. The fourth-order valence-corrected chi connectivity index (χ4v) is 4.11. The monoisotopic (exact) mass is 249 g/mol. The molecule has 2 N–H and O–H groups in total. The smallest absolute Gasteiger partial charge is 0.321 e. The predicted octanol–water partition coefficient (Wildman–Crippen LogP) is 1.83. The van der Waals surface area contributed by atoms with Gasteiger partial charge in [0.2, 0.25) is 0 Å². The van der Waals surface area contributed by atoms with Crippen molar-refractivity contribution in [2.75, 3.05) is 5.75 Å². The van der Waals surface area contributed by atoms with E-state index in [0.29, 0.717) is 11.0 Å². The lowest BCUT2D eigenvalue weighted by Crippen LogP contribution is -2.50. The average molecular weight is 249 g/mol. The van der Waals surface area contributed by atoms with Crippen molar-refractivity contribution in [3.8, 4) is 0 Å². The molecule has 1 fully saturated rings. The minimum atomic E-state index is -0.737. The molecule has 0 aromatic heterocycles. The van der Waals surface area contributed by atoms with Crippen molar-refractivity contribution in [2.45, 2.75) is 30.2 Å². The highest BCUT2D eigenvalue weighted by Gasteiger charge is 2.37. The molecule has 1 saturated heterocycles. The van der Waals surface area contributed by atoms with Gasteiger partial charge < -0.3 is 5.11 Å². The molecular formula is C13H15NO2S. The summed E-state index contributed by atoms with van der Waals surface area (Å²) in [7, 11) is 0. The van der Waals surface area contributed by atoms with Crippen LogP contribution in [-0.4, -0.2) is 28.1 Å². The summed E-state index contributed by atoms with van der Waals surface area (Å²) < 4.78 is 0. The van der Waals surface area contributed by atoms with Crippen LogP contribution >= 0.6 is 11.8 Å². The van der Waals surface area contributed by atoms with E-state index in [0.717, 1.165) is 12.8 Å². The Hall–Kier alpha value is -1.00. The standard InChI is InChI=1S/C13H15NO2S/c15-13(16)10-7-17-11-6-5-8-3-1-2-4-9(8)12(11)14-10/h1-4,10-12,14H,5-7H2,(H,15,16). The minimum absolute atomic E-state index is 0.208. The van der Waals surface area contributed by atoms with Crippen molar-refractivity contribution < 1.29 is 9.90 Å². The van der Waals surface area contributed by atoms with E-state index >= 15 is 0 Å². The van der Waals surface area contributed by atoms with Gasteiger partial charge in [0, 0.05) is 17.0 Å². The number of benzene rings is 1. The number of hydrogen-bond acceptors (Lipinski definition) is 3. The third kappa shape index (κ3) is 1.96. The van der Waals surface area contributed by atoms with Gasteiger partial charge in [-0.05, 0) is 24.0 Å². The van der Waals surface area contributed by atoms with Crippen LogP contribution in [0.2, 0.25) is 0 Å². The molecule has 4 heteroatoms. The van der Waals surface area contributed by atoms with E-state index in [1.165, 1.54) is 11.1 Å². The number of carboxylic acids is 1. The van der Waals surface area contributed by atoms with E-state index in [9.17, 15) is 4.79 Å². The van der Waals surface area contributed by atoms with Crippen LogP contribution in [0.15, 0.2) is 24.3 Å². The highest BCUT2D eigenvalue weighted by molar-refractivity contribution is 8.00. The molecule has 3 unspecified atom stereocenters. The number of carboxylic acid groups (broad SMARTS) is 1. The normalized spacial score (nSPS) is 31.4. The van der Waals surface area contributed by atoms with Gasteiger partial charge in [-0.1, -0.05) is 24.3 Å². The molecule has 3 rings (SSSR count). The van der Waals surface area contributed by atoms with Crippen LogP contribution in [0.3, 0.4) is 0 Å². The Morgan fingerprint density at radius 2 is 2.24 bits per heavy atom. The lowest BCUT2D eigenvalue weighted by molar-refractivity contribution is -0.139. The van der Waals surface area contributed by atoms with Crippen LogP contribution in [-0.2, 0) is 11.2 Å². The molecule has 1 aromatic carbocycles. The minimum Gasteiger partial charge on any atom is -0.480 e. The molecule has 3 atom stereocenters. The van der Waals surface area contributed by atoms with Gasteiger partial charge in [-0.3, -0.25) is 10.1 Å². The molecule has 17 heavy (non-hydrogen) atoms. The molecule has 1 aliphatic carbocycles. The zero-order valence-electron chi connectivity index (χ0n) is 9.43. The SMILES string of the molecule is O=C(O)C1CSC2CCc3ccccc3C2N1. The van der Waals surface area contributed by atoms with Crippen LogP contribution in [0, 0.1) is 0 Å². The van der Waals surface area contributed by atoms with Crippen LogP contribution in [0.1, 0.15) is 23.6 Å². The lowest BCUT2D eigenvalue weighted by Gasteiger charge is -2.39. The maximum atomic E-state index is 11.1. The molecule has 1 aromatic rings. The summed E-state index contributed by atoms with van der Waals surface area (Å²) in [5, 5.41) is 12.9. The van der Waals surface area contributed by atoms with Crippen LogP contribution in [0.25, 0.3) is 0 Å². The molecular weight excluding hydrogens is 234 g/mol. The van der Waals surface area contributed by atoms with Crippen molar-refractivity contribution in [3.05, 3.63) is 35.4 Å². The Morgan fingerprint density at radius 3 is 3.06 bits per heavy atom. The van der Waals surface area contributed by atoms with Crippen LogP contribution in [0.4, 0.5) is 0 Å². The van der Waals surface area contributed by atoms with Crippen LogP contribution in [0.5, 0.6) is 0 Å². The molecule has 1 heterocycles. The predicted molar refractivity (Wildman–Crippen MR) is 68.3 cm³/mol. The second kappa shape index (κ2) is 4.35. The number of carbonyl (C=O) groups is 1. The third-order valence-electron chi connectivity index (χ3n) is 3.62. The fraction of sp³-hybridized carbons (Fsp3) is 0.462. The lowest BCUT2D eigenvalue weighted by atomic mass is 9.86. The zero-order valence-corrected chi connectivity index (χ0v) is 10.2. The third-order valence-corrected chi connectivity index (χ3v) is 5.08. The van der Waals surface area contributed by atoms with E-state index in [1.54, 1.807) is 11.8 Å². The fourth-order valence-electron chi connectivity index (χ4n) is 2.73. The Kier molecular flexibility index (Phi) is 2.84. The Labute approximate surface area is 105 Å². The first-order valence-electron chi connectivity index (χ1n) is 5.94. The van der Waals surface area contributed by atoms with Crippen molar-refractivity contribution in [1.29, 1.82) is 0 Å². The molecule has 1 aliphatic heterocycles. The van der Waals surface area contributed by atoms with Gasteiger partial charge in [-0.2, -0.15) is 11.8 Å². The highest BCUT2D eigenvalue weighted by Crippen LogP contribution is 2.40. The van der Waals surface area contributed by atoms with Crippen molar-refractivity contribution in [2.24, 2.45) is 0 Å². The molecule has 0 saturated carbocycles. The highest BCUT2D eigenvalue weighted by atomic mass is 32.2. The molecule has 0 radical (unpaired) electrons. The number of aryl methyl sites for hydroxylation is 1. The summed E-state index contributed by atoms with van der Waals surface area (Å²) in [5.74, 6) is -0.0578. The van der Waals surface area contributed by atoms with Gasteiger partial charge in [-0.25, -0.2) is 0 Å². The quantitative estimate of drug-likeness (QED) is 0.797. The number of hydrogen-bond donors (Lipinski definition) is 2. The van der Waals surface area contributed by atoms with E-state index in [-0.39, 0.29) is 6.04 Å². The number of aliphatic carboxylic acids is 1. The Bertz CT molecular complexity index is 449. The largest absolute Gasteiger partial charge is 0.480 e. The number of rotatable bonds is 1. The summed E-state index contributed by atoms with van der Waals surface area (Å²) in [5.41, 5.74) is 2.66. The molecule has 2 aliphatic rings. The van der Waals surface area contributed by atoms with E-state index in [4.69, 9.17) is 5.11 Å². The summed E-state index contributed by atoms with van der Waals surface area (Å²) in [6.45, 7) is 0. The first-order chi connectivity index (χ1) is 8.25. The second-order valence-electron chi connectivity index (χ2n) is 4.64. The number of thioether (sulfide) groups is 1. The molecule has 0 bridgehead atoms. The van der Waals surface area contributed by atoms with Gasteiger partial charge in [0.1, 0.15) is 6.04 Å². The molecule has 0 amide bonds. The number of fused-ring (bicyclic) bond motifs is 3. The van der Waals surface area contributed by atoms with Gasteiger partial charge in [0.25, 0.3) is 0 Å². The summed E-state index contributed by atoms with van der Waals surface area (Å²) in [4.78, 5) is 11.1. The van der Waals surface area contributed by atoms with E-state index in [1.807, 2.05) is 6.07 Å². The van der Waals surface area contributed by atoms with E-state index < -0.39 is 12.0 Å². The molecule has 3 nitrogen and oxygen atoms in total. The van der Waals surface area contributed by atoms with Crippen molar-refractivity contribution in [3.63, 3.8) is 0 Å².